The first-order valence-electron chi connectivity index (χ1n) is 11.7. The molecule has 4 N–H and O–H groups in total. The van der Waals surface area contributed by atoms with Crippen molar-refractivity contribution in [1.29, 1.82) is 0 Å². The topological polar surface area (TPSA) is 70.5 Å². The number of rotatable bonds is 19. The molecule has 0 aliphatic heterocycles. The van der Waals surface area contributed by atoms with Gasteiger partial charge in [0.15, 0.2) is 16.6 Å². The summed E-state index contributed by atoms with van der Waals surface area (Å²) < 4.78 is 11.5. The Morgan fingerprint density at radius 2 is 0.964 bits per heavy atom. The highest BCUT2D eigenvalue weighted by atomic mass is 28.4. The number of nitrogens with two attached hydrogens (primary N) is 2. The van der Waals surface area contributed by atoms with E-state index in [1.54, 1.807) is 0 Å². The first-order valence-corrected chi connectivity index (χ1v) is 17.9. The lowest BCUT2D eigenvalue weighted by Gasteiger charge is -2.32. The van der Waals surface area contributed by atoms with Gasteiger partial charge in [-0.1, -0.05) is 51.4 Å². The molecule has 170 valence electrons. The Kier molecular flexibility index (Phi) is 15.3. The summed E-state index contributed by atoms with van der Waals surface area (Å²) in [5.74, 6) is 0. The molecule has 0 aromatic heterocycles. The van der Waals surface area contributed by atoms with Crippen LogP contribution in [0.25, 0.3) is 0 Å². The quantitative estimate of drug-likeness (QED) is 0.193. The Bertz CT molecular complexity index is 358. The van der Waals surface area contributed by atoms with Gasteiger partial charge in [0.1, 0.15) is 0 Å². The summed E-state index contributed by atoms with van der Waals surface area (Å²) in [5, 5.41) is 0. The van der Waals surface area contributed by atoms with Crippen molar-refractivity contribution in [2.24, 2.45) is 11.5 Å². The van der Waals surface area contributed by atoms with Gasteiger partial charge in [-0.3, -0.25) is 0 Å². The third-order valence-corrected chi connectivity index (χ3v) is 11.7. The summed E-state index contributed by atoms with van der Waals surface area (Å²) in [5.41, 5.74) is 12.5. The summed E-state index contributed by atoms with van der Waals surface area (Å²) in [6.07, 6.45) is 14.9. The minimum Gasteiger partial charge on any atom is -0.420 e. The Morgan fingerprint density at radius 1 is 0.607 bits per heavy atom. The van der Waals surface area contributed by atoms with Crippen molar-refractivity contribution in [2.45, 2.75) is 121 Å². The highest BCUT2D eigenvalue weighted by Crippen LogP contribution is 2.29. The summed E-state index contributed by atoms with van der Waals surface area (Å²) in [6, 6.07) is 2.42. The molecule has 4 nitrogen and oxygen atoms in total. The molecule has 0 fully saturated rings. The molecule has 0 saturated carbocycles. The van der Waals surface area contributed by atoms with Crippen LogP contribution in [0.2, 0.25) is 38.3 Å². The van der Waals surface area contributed by atoms with Crippen molar-refractivity contribution >= 4 is 16.6 Å². The van der Waals surface area contributed by atoms with Gasteiger partial charge in [-0.05, 0) is 70.5 Å². The molecule has 0 amide bonds. The summed E-state index contributed by atoms with van der Waals surface area (Å²) in [7, 11) is 0.773. The first kappa shape index (κ1) is 28.3. The molecule has 0 aromatic carbocycles. The molecule has 0 rings (SSSR count). The van der Waals surface area contributed by atoms with E-state index in [2.05, 4.69) is 26.2 Å². The molecule has 0 radical (unpaired) electrons. The van der Waals surface area contributed by atoms with Crippen LogP contribution in [0.4, 0.5) is 0 Å². The van der Waals surface area contributed by atoms with E-state index in [4.69, 9.17) is 20.3 Å². The number of hydrogen-bond donors (Lipinski definition) is 2. The van der Waals surface area contributed by atoms with Gasteiger partial charge in [0.05, 0.1) is 0 Å². The fourth-order valence-corrected chi connectivity index (χ4v) is 6.28. The van der Waals surface area contributed by atoms with E-state index in [9.17, 15) is 0 Å². The highest BCUT2D eigenvalue weighted by Gasteiger charge is 2.28. The predicted molar refractivity (Wildman–Crippen MR) is 130 cm³/mol. The van der Waals surface area contributed by atoms with Crippen LogP contribution in [0.3, 0.4) is 0 Å². The molecular formula is C22H52N2O2Si2. The lowest BCUT2D eigenvalue weighted by atomic mass is 9.84. The van der Waals surface area contributed by atoms with E-state index < -0.39 is 16.6 Å². The SMILES string of the molecule is CO[Si](C)(C)CCCC(N)(CCCCCCCCCN)CCC[Si](C)(C)OC. The Hall–Kier alpha value is 0.274. The minimum absolute atomic E-state index is 0.00398. The van der Waals surface area contributed by atoms with Crippen LogP contribution in [0, 0.1) is 0 Å². The predicted octanol–water partition coefficient (Wildman–Crippen LogP) is 6.03. The number of hydrogen-bond acceptors (Lipinski definition) is 4. The van der Waals surface area contributed by atoms with Crippen molar-refractivity contribution in [3.63, 3.8) is 0 Å². The molecule has 0 unspecified atom stereocenters. The molecule has 28 heavy (non-hydrogen) atoms. The fraction of sp³-hybridized carbons (Fsp3) is 1.00. The second kappa shape index (κ2) is 15.1. The fourth-order valence-electron chi connectivity index (χ4n) is 3.82. The molecule has 0 atom stereocenters. The minimum atomic E-state index is -1.48. The van der Waals surface area contributed by atoms with Crippen molar-refractivity contribution in [1.82, 2.24) is 0 Å². The van der Waals surface area contributed by atoms with Crippen LogP contribution in [-0.4, -0.2) is 42.9 Å². The highest BCUT2D eigenvalue weighted by molar-refractivity contribution is 6.71. The third kappa shape index (κ3) is 15.2. The van der Waals surface area contributed by atoms with E-state index in [-0.39, 0.29) is 5.54 Å². The van der Waals surface area contributed by atoms with Gasteiger partial charge in [0.25, 0.3) is 0 Å². The first-order chi connectivity index (χ1) is 13.1. The van der Waals surface area contributed by atoms with Crippen LogP contribution < -0.4 is 11.5 Å². The van der Waals surface area contributed by atoms with Gasteiger partial charge in [-0.15, -0.1) is 0 Å². The van der Waals surface area contributed by atoms with E-state index >= 15 is 0 Å². The molecule has 0 heterocycles. The van der Waals surface area contributed by atoms with E-state index in [0.29, 0.717) is 0 Å². The second-order valence-electron chi connectivity index (χ2n) is 10.0. The van der Waals surface area contributed by atoms with Gasteiger partial charge < -0.3 is 20.3 Å². The zero-order valence-electron chi connectivity index (χ0n) is 20.1. The smallest absolute Gasteiger partial charge is 0.186 e. The third-order valence-electron chi connectivity index (χ3n) is 6.39. The largest absolute Gasteiger partial charge is 0.420 e. The van der Waals surface area contributed by atoms with Crippen LogP contribution in [0.15, 0.2) is 0 Å². The lowest BCUT2D eigenvalue weighted by Crippen LogP contribution is -2.41. The molecule has 0 bridgehead atoms. The summed E-state index contributed by atoms with van der Waals surface area (Å²) in [6.45, 7) is 10.1. The second-order valence-corrected chi connectivity index (χ2v) is 18.9. The van der Waals surface area contributed by atoms with E-state index in [1.165, 1.54) is 76.3 Å². The zero-order chi connectivity index (χ0) is 21.5. The van der Waals surface area contributed by atoms with Crippen molar-refractivity contribution < 1.29 is 8.85 Å². The summed E-state index contributed by atoms with van der Waals surface area (Å²) >= 11 is 0. The number of unbranched alkanes of at least 4 members (excludes halogenated alkanes) is 6. The van der Waals surface area contributed by atoms with Crippen LogP contribution >= 0.6 is 0 Å². The Balaban J connectivity index is 4.37. The van der Waals surface area contributed by atoms with Gasteiger partial charge in [-0.2, -0.15) is 0 Å². The van der Waals surface area contributed by atoms with Crippen LogP contribution in [0.1, 0.15) is 77.0 Å². The monoisotopic (exact) mass is 432 g/mol. The Morgan fingerprint density at radius 3 is 1.36 bits per heavy atom. The molecule has 0 aromatic rings. The lowest BCUT2D eigenvalue weighted by molar-refractivity contribution is 0.312. The van der Waals surface area contributed by atoms with Gasteiger partial charge in [0.2, 0.25) is 0 Å². The zero-order valence-corrected chi connectivity index (χ0v) is 22.1. The molecular weight excluding hydrogens is 380 g/mol. The van der Waals surface area contributed by atoms with Gasteiger partial charge in [0, 0.05) is 19.8 Å². The normalized spacial score (nSPS) is 13.3. The van der Waals surface area contributed by atoms with Crippen molar-refractivity contribution in [2.75, 3.05) is 20.8 Å². The summed E-state index contributed by atoms with van der Waals surface area (Å²) in [4.78, 5) is 0. The standard InChI is InChI=1S/C22H52N2O2Si2/c1-25-27(3,4)20-14-17-22(24,18-15-21-28(5,6)26-2)16-12-10-8-7-9-11-13-19-23/h7-21,23-24H2,1-6H3. The van der Waals surface area contributed by atoms with Crippen LogP contribution in [0.5, 0.6) is 0 Å². The maximum absolute atomic E-state index is 6.96. The average molecular weight is 433 g/mol. The van der Waals surface area contributed by atoms with Gasteiger partial charge >= 0.3 is 0 Å². The molecule has 0 aliphatic carbocycles. The van der Waals surface area contributed by atoms with E-state index in [1.807, 2.05) is 14.2 Å². The molecule has 0 saturated heterocycles. The van der Waals surface area contributed by atoms with E-state index in [0.717, 1.165) is 19.4 Å². The molecule has 6 heteroatoms. The molecule has 0 spiro atoms. The maximum atomic E-state index is 6.96. The van der Waals surface area contributed by atoms with Crippen molar-refractivity contribution in [3.05, 3.63) is 0 Å². The Labute approximate surface area is 178 Å². The van der Waals surface area contributed by atoms with Crippen LogP contribution in [-0.2, 0) is 8.85 Å². The maximum Gasteiger partial charge on any atom is 0.186 e. The average Bonchev–Trinajstić information content (AvgIpc) is 2.63. The van der Waals surface area contributed by atoms with Crippen molar-refractivity contribution in [3.8, 4) is 0 Å². The van der Waals surface area contributed by atoms with Gasteiger partial charge in [-0.25, -0.2) is 0 Å². The molecule has 0 aliphatic rings.